The highest BCUT2D eigenvalue weighted by atomic mass is 35.5. The molecule has 26 heavy (non-hydrogen) atoms. The van der Waals surface area contributed by atoms with E-state index in [-0.39, 0.29) is 29.5 Å². The summed E-state index contributed by atoms with van der Waals surface area (Å²) in [5.41, 5.74) is -2.40. The molecular formula is C17H15ClF4N2O2. The summed E-state index contributed by atoms with van der Waals surface area (Å²) in [5, 5.41) is 3.43. The molecule has 140 valence electrons. The largest absolute Gasteiger partial charge is 0.488 e. The van der Waals surface area contributed by atoms with E-state index in [9.17, 15) is 22.4 Å². The zero-order valence-electron chi connectivity index (χ0n) is 14.0. The van der Waals surface area contributed by atoms with Crippen LogP contribution >= 0.6 is 11.6 Å². The Morgan fingerprint density at radius 1 is 1.38 bits per heavy atom. The Hall–Kier alpha value is -2.35. The van der Waals surface area contributed by atoms with Crippen molar-refractivity contribution >= 4 is 11.6 Å². The third-order valence-corrected chi connectivity index (χ3v) is 3.74. The normalized spacial score (nSPS) is 11.5. The fraction of sp³-hybridized carbons (Fsp3) is 0.294. The van der Waals surface area contributed by atoms with Crippen LogP contribution in [0.4, 0.5) is 17.6 Å². The molecule has 4 nitrogen and oxygen atoms in total. The van der Waals surface area contributed by atoms with E-state index in [1.807, 2.05) is 0 Å². The van der Waals surface area contributed by atoms with Crippen LogP contribution in [0.3, 0.4) is 0 Å². The lowest BCUT2D eigenvalue weighted by atomic mass is 10.1. The van der Waals surface area contributed by atoms with E-state index in [1.165, 1.54) is 6.92 Å². The first-order chi connectivity index (χ1) is 12.1. The molecule has 0 saturated heterocycles. The van der Waals surface area contributed by atoms with Crippen molar-refractivity contribution in [3.8, 4) is 11.4 Å². The summed E-state index contributed by atoms with van der Waals surface area (Å²) in [6.45, 7) is 6.85. The standard InChI is InChI=1S/C17H15ClF4N2O2/c1-4-10-11(17(20,21)22)7-23-24(16(10)25)14-6-15(26-8-9(2)3)12(18)5-13(14)19/h5-7H,2,4,8H2,1,3H3. The van der Waals surface area contributed by atoms with Gasteiger partial charge in [0.2, 0.25) is 0 Å². The SMILES string of the molecule is C=C(C)COc1cc(-n2ncc(C(F)(F)F)c(CC)c2=O)c(F)cc1Cl. The minimum atomic E-state index is -4.73. The molecule has 0 amide bonds. The molecule has 0 saturated carbocycles. The highest BCUT2D eigenvalue weighted by molar-refractivity contribution is 6.32. The fourth-order valence-corrected chi connectivity index (χ4v) is 2.44. The van der Waals surface area contributed by atoms with Gasteiger partial charge in [0, 0.05) is 11.6 Å². The zero-order valence-corrected chi connectivity index (χ0v) is 14.7. The third-order valence-electron chi connectivity index (χ3n) is 3.44. The van der Waals surface area contributed by atoms with Gasteiger partial charge in [0.15, 0.2) is 5.82 Å². The average molecular weight is 391 g/mol. The Morgan fingerprint density at radius 2 is 2.04 bits per heavy atom. The number of benzene rings is 1. The second-order valence-electron chi connectivity index (χ2n) is 5.58. The maximum absolute atomic E-state index is 14.3. The van der Waals surface area contributed by atoms with Crippen molar-refractivity contribution < 1.29 is 22.3 Å². The molecule has 2 aromatic rings. The summed E-state index contributed by atoms with van der Waals surface area (Å²) < 4.78 is 59.3. The van der Waals surface area contributed by atoms with Crippen LogP contribution in [0.5, 0.6) is 5.75 Å². The van der Waals surface area contributed by atoms with Crippen molar-refractivity contribution in [2.45, 2.75) is 26.4 Å². The molecule has 0 atom stereocenters. The van der Waals surface area contributed by atoms with Crippen LogP contribution in [0, 0.1) is 5.82 Å². The number of aromatic nitrogens is 2. The van der Waals surface area contributed by atoms with Gasteiger partial charge >= 0.3 is 6.18 Å². The summed E-state index contributed by atoms with van der Waals surface area (Å²) in [7, 11) is 0. The Kier molecular flexibility index (Phi) is 5.75. The van der Waals surface area contributed by atoms with Gasteiger partial charge in [-0.2, -0.15) is 23.0 Å². The number of nitrogens with zero attached hydrogens (tertiary/aromatic N) is 2. The van der Waals surface area contributed by atoms with Gasteiger partial charge in [0.1, 0.15) is 18.0 Å². The minimum Gasteiger partial charge on any atom is -0.488 e. The Bertz CT molecular complexity index is 907. The van der Waals surface area contributed by atoms with Gasteiger partial charge in [-0.3, -0.25) is 4.79 Å². The molecule has 9 heteroatoms. The average Bonchev–Trinajstić information content (AvgIpc) is 2.53. The molecule has 0 radical (unpaired) electrons. The van der Waals surface area contributed by atoms with E-state index in [0.29, 0.717) is 16.5 Å². The molecule has 2 rings (SSSR count). The molecule has 1 aromatic heterocycles. The number of halogens is 5. The first-order valence-electron chi connectivity index (χ1n) is 7.51. The molecule has 0 fully saturated rings. The molecule has 1 heterocycles. The zero-order chi connectivity index (χ0) is 19.6. The molecule has 1 aromatic carbocycles. The van der Waals surface area contributed by atoms with Crippen molar-refractivity contribution in [3.05, 3.63) is 62.8 Å². The van der Waals surface area contributed by atoms with Crippen LogP contribution in [0.15, 0.2) is 35.3 Å². The monoisotopic (exact) mass is 390 g/mol. The lowest BCUT2D eigenvalue weighted by Gasteiger charge is -2.15. The van der Waals surface area contributed by atoms with Gasteiger partial charge in [-0.05, 0) is 25.0 Å². The van der Waals surface area contributed by atoms with Gasteiger partial charge in [-0.15, -0.1) is 0 Å². The number of hydrogen-bond acceptors (Lipinski definition) is 3. The Balaban J connectivity index is 2.63. The topological polar surface area (TPSA) is 44.1 Å². The minimum absolute atomic E-state index is 0.0526. The van der Waals surface area contributed by atoms with Gasteiger partial charge in [-0.25, -0.2) is 4.39 Å². The Labute approximate surface area is 151 Å². The van der Waals surface area contributed by atoms with Crippen LogP contribution in [0.1, 0.15) is 25.0 Å². The van der Waals surface area contributed by atoms with Crippen LogP contribution in [-0.4, -0.2) is 16.4 Å². The smallest absolute Gasteiger partial charge is 0.418 e. The van der Waals surface area contributed by atoms with E-state index in [1.54, 1.807) is 6.92 Å². The quantitative estimate of drug-likeness (QED) is 0.555. The molecule has 0 unspecified atom stereocenters. The summed E-state index contributed by atoms with van der Waals surface area (Å²) in [5.74, 6) is -0.869. The molecule has 0 aliphatic heterocycles. The Morgan fingerprint density at radius 3 is 2.58 bits per heavy atom. The van der Waals surface area contributed by atoms with Crippen molar-refractivity contribution in [1.29, 1.82) is 0 Å². The maximum Gasteiger partial charge on any atom is 0.418 e. The molecule has 0 aliphatic carbocycles. The molecule has 0 aliphatic rings. The van der Waals surface area contributed by atoms with E-state index in [0.717, 1.165) is 12.1 Å². The summed E-state index contributed by atoms with van der Waals surface area (Å²) >= 11 is 5.90. The van der Waals surface area contributed by atoms with Crippen molar-refractivity contribution in [2.24, 2.45) is 0 Å². The number of rotatable bonds is 5. The van der Waals surface area contributed by atoms with E-state index in [4.69, 9.17) is 16.3 Å². The van der Waals surface area contributed by atoms with Crippen molar-refractivity contribution in [2.75, 3.05) is 6.61 Å². The predicted octanol–water partition coefficient (Wildman–Crippen LogP) is 4.56. The lowest BCUT2D eigenvalue weighted by Crippen LogP contribution is -2.29. The van der Waals surface area contributed by atoms with Crippen LogP contribution in [0.25, 0.3) is 5.69 Å². The maximum atomic E-state index is 14.3. The van der Waals surface area contributed by atoms with E-state index in [2.05, 4.69) is 11.7 Å². The van der Waals surface area contributed by atoms with Crippen molar-refractivity contribution in [3.63, 3.8) is 0 Å². The predicted molar refractivity (Wildman–Crippen MR) is 89.5 cm³/mol. The fourth-order valence-electron chi connectivity index (χ4n) is 2.24. The molecule has 0 spiro atoms. The van der Waals surface area contributed by atoms with E-state index >= 15 is 0 Å². The second-order valence-corrected chi connectivity index (χ2v) is 5.99. The van der Waals surface area contributed by atoms with Gasteiger partial charge in [0.05, 0.1) is 16.8 Å². The third kappa shape index (κ3) is 4.07. The second kappa shape index (κ2) is 7.49. The first-order valence-corrected chi connectivity index (χ1v) is 7.89. The number of ether oxygens (including phenoxy) is 1. The molecular weight excluding hydrogens is 376 g/mol. The first kappa shape index (κ1) is 20.0. The van der Waals surface area contributed by atoms with Gasteiger partial charge in [-0.1, -0.05) is 25.1 Å². The number of hydrogen-bond donors (Lipinski definition) is 0. The lowest BCUT2D eigenvalue weighted by molar-refractivity contribution is -0.138. The van der Waals surface area contributed by atoms with Gasteiger partial charge < -0.3 is 4.74 Å². The van der Waals surface area contributed by atoms with Crippen LogP contribution in [0.2, 0.25) is 5.02 Å². The van der Waals surface area contributed by atoms with E-state index < -0.39 is 28.7 Å². The summed E-state index contributed by atoms with van der Waals surface area (Å²) in [6, 6.07) is 2.02. The molecule has 0 bridgehead atoms. The summed E-state index contributed by atoms with van der Waals surface area (Å²) in [4.78, 5) is 12.4. The van der Waals surface area contributed by atoms with Crippen LogP contribution < -0.4 is 10.3 Å². The summed E-state index contributed by atoms with van der Waals surface area (Å²) in [6.07, 6.45) is -4.42. The highest BCUT2D eigenvalue weighted by Gasteiger charge is 2.35. The molecule has 0 N–H and O–H groups in total. The number of alkyl halides is 3. The van der Waals surface area contributed by atoms with Crippen LogP contribution in [-0.2, 0) is 12.6 Å². The van der Waals surface area contributed by atoms with Gasteiger partial charge in [0.25, 0.3) is 5.56 Å². The van der Waals surface area contributed by atoms with Crippen molar-refractivity contribution in [1.82, 2.24) is 9.78 Å². The highest BCUT2D eigenvalue weighted by Crippen LogP contribution is 2.32.